The summed E-state index contributed by atoms with van der Waals surface area (Å²) in [6.07, 6.45) is 0.00413. The van der Waals surface area contributed by atoms with Crippen molar-refractivity contribution in [3.8, 4) is 0 Å². The molecule has 2 amide bonds. The zero-order chi connectivity index (χ0) is 16.3. The van der Waals surface area contributed by atoms with Gasteiger partial charge in [-0.3, -0.25) is 19.5 Å². The van der Waals surface area contributed by atoms with Gasteiger partial charge in [-0.1, -0.05) is 17.8 Å². The van der Waals surface area contributed by atoms with Crippen LogP contribution in [0.2, 0.25) is 0 Å². The van der Waals surface area contributed by atoms with Gasteiger partial charge in [0, 0.05) is 26.2 Å². The average Bonchev–Trinajstić information content (AvgIpc) is 2.75. The van der Waals surface area contributed by atoms with Gasteiger partial charge in [0.15, 0.2) is 5.17 Å². The maximum absolute atomic E-state index is 12.0. The molecule has 0 saturated carbocycles. The molecule has 0 aliphatic carbocycles. The predicted molar refractivity (Wildman–Crippen MR) is 84.2 cm³/mol. The predicted octanol–water partition coefficient (Wildman–Crippen LogP) is 1.27. The lowest BCUT2D eigenvalue weighted by Gasteiger charge is -2.09. The van der Waals surface area contributed by atoms with Crippen LogP contribution in [0.4, 0.5) is 5.69 Å². The van der Waals surface area contributed by atoms with Gasteiger partial charge in [0.1, 0.15) is 5.25 Å². The maximum Gasteiger partial charge on any atom is 0.335 e. The molecule has 22 heavy (non-hydrogen) atoms. The summed E-state index contributed by atoms with van der Waals surface area (Å²) >= 11 is 1.25. The number of nitrogens with one attached hydrogen (secondary N) is 1. The number of hydrogen-bond acceptors (Lipinski definition) is 5. The number of hydrogen-bond donors (Lipinski definition) is 2. The van der Waals surface area contributed by atoms with Crippen LogP contribution in [0, 0.1) is 0 Å². The van der Waals surface area contributed by atoms with Gasteiger partial charge in [0.2, 0.25) is 11.8 Å². The Morgan fingerprint density at radius 1 is 1.45 bits per heavy atom. The van der Waals surface area contributed by atoms with Crippen molar-refractivity contribution >= 4 is 40.4 Å². The van der Waals surface area contributed by atoms with E-state index in [1.54, 1.807) is 26.2 Å². The monoisotopic (exact) mass is 321 g/mol. The number of thioether (sulfide) groups is 1. The maximum atomic E-state index is 12.0. The van der Waals surface area contributed by atoms with Crippen molar-refractivity contribution in [3.63, 3.8) is 0 Å². The molecule has 1 aromatic rings. The molecule has 2 N–H and O–H groups in total. The van der Waals surface area contributed by atoms with Crippen LogP contribution in [0.25, 0.3) is 0 Å². The fourth-order valence-corrected chi connectivity index (χ4v) is 3.11. The first-order valence-electron chi connectivity index (χ1n) is 6.46. The fraction of sp³-hybridized carbons (Fsp3) is 0.286. The first-order valence-corrected chi connectivity index (χ1v) is 7.34. The van der Waals surface area contributed by atoms with Crippen LogP contribution in [0.15, 0.2) is 29.3 Å². The molecule has 8 heteroatoms. The molecule has 2 rings (SSSR count). The Morgan fingerprint density at radius 2 is 2.18 bits per heavy atom. The summed E-state index contributed by atoms with van der Waals surface area (Å²) in [6.45, 7) is 0. The van der Waals surface area contributed by atoms with Crippen molar-refractivity contribution in [1.29, 1.82) is 0 Å². The lowest BCUT2D eigenvalue weighted by Crippen LogP contribution is -2.30. The summed E-state index contributed by atoms with van der Waals surface area (Å²) < 4.78 is 0. The normalized spacial score (nSPS) is 19.5. The number of carboxylic acids is 1. The van der Waals surface area contributed by atoms with Crippen molar-refractivity contribution < 1.29 is 19.5 Å². The van der Waals surface area contributed by atoms with E-state index in [1.165, 1.54) is 28.8 Å². The minimum absolute atomic E-state index is 0.00413. The Labute approximate surface area is 131 Å². The number of benzene rings is 1. The molecule has 1 aliphatic rings. The lowest BCUT2D eigenvalue weighted by atomic mass is 10.2. The van der Waals surface area contributed by atoms with Crippen molar-refractivity contribution in [2.45, 2.75) is 11.7 Å². The second-order valence-corrected chi connectivity index (χ2v) is 5.82. The third-order valence-corrected chi connectivity index (χ3v) is 4.42. The number of carbonyl (C=O) groups is 3. The molecule has 1 aromatic carbocycles. The number of amides is 2. The van der Waals surface area contributed by atoms with Crippen molar-refractivity contribution in [1.82, 2.24) is 4.90 Å². The van der Waals surface area contributed by atoms with Crippen LogP contribution in [-0.4, -0.2) is 52.3 Å². The summed E-state index contributed by atoms with van der Waals surface area (Å²) in [5.41, 5.74) is 0.474. The van der Waals surface area contributed by atoms with Crippen LogP contribution < -0.4 is 5.32 Å². The van der Waals surface area contributed by atoms with Crippen LogP contribution in [0.1, 0.15) is 16.8 Å². The van der Waals surface area contributed by atoms with E-state index >= 15 is 0 Å². The van der Waals surface area contributed by atoms with Crippen LogP contribution >= 0.6 is 11.8 Å². The molecule has 1 unspecified atom stereocenters. The van der Waals surface area contributed by atoms with E-state index in [0.29, 0.717) is 10.9 Å². The van der Waals surface area contributed by atoms with E-state index in [4.69, 9.17) is 5.11 Å². The lowest BCUT2D eigenvalue weighted by molar-refractivity contribution is -0.127. The largest absolute Gasteiger partial charge is 0.478 e. The standard InChI is InChI=1S/C14H15N3O4S/c1-15-14-17(2)12(19)10(22-14)7-11(18)16-9-5-3-4-8(6-9)13(20)21/h3-6,10H,7H2,1-2H3,(H,16,18)(H,20,21). The van der Waals surface area contributed by atoms with E-state index in [0.717, 1.165) is 0 Å². The summed E-state index contributed by atoms with van der Waals surface area (Å²) in [5.74, 6) is -1.58. The molecule has 1 fully saturated rings. The Kier molecular flexibility index (Phi) is 4.81. The number of amidine groups is 1. The number of aliphatic imine (C=N–C) groups is 1. The third-order valence-electron chi connectivity index (χ3n) is 3.10. The number of carbonyl (C=O) groups excluding carboxylic acids is 2. The van der Waals surface area contributed by atoms with Gasteiger partial charge in [-0.05, 0) is 18.2 Å². The van der Waals surface area contributed by atoms with Gasteiger partial charge < -0.3 is 10.4 Å². The molecule has 1 heterocycles. The zero-order valence-corrected chi connectivity index (χ0v) is 12.9. The highest BCUT2D eigenvalue weighted by atomic mass is 32.2. The van der Waals surface area contributed by atoms with Crippen LogP contribution in [-0.2, 0) is 9.59 Å². The van der Waals surface area contributed by atoms with Gasteiger partial charge in [0.25, 0.3) is 0 Å². The number of rotatable bonds is 4. The number of anilines is 1. The smallest absolute Gasteiger partial charge is 0.335 e. The molecule has 0 radical (unpaired) electrons. The van der Waals surface area contributed by atoms with Gasteiger partial charge in [0.05, 0.1) is 5.56 Å². The van der Waals surface area contributed by atoms with Crippen molar-refractivity contribution in [3.05, 3.63) is 29.8 Å². The molecule has 1 aliphatic heterocycles. The minimum Gasteiger partial charge on any atom is -0.478 e. The molecule has 0 aromatic heterocycles. The van der Waals surface area contributed by atoms with Crippen molar-refractivity contribution in [2.75, 3.05) is 19.4 Å². The minimum atomic E-state index is -1.07. The van der Waals surface area contributed by atoms with Gasteiger partial charge in [-0.15, -0.1) is 0 Å². The van der Waals surface area contributed by atoms with E-state index in [1.807, 2.05) is 0 Å². The fourth-order valence-electron chi connectivity index (χ4n) is 2.01. The quantitative estimate of drug-likeness (QED) is 0.870. The van der Waals surface area contributed by atoms with E-state index in [2.05, 4.69) is 10.3 Å². The highest BCUT2D eigenvalue weighted by Gasteiger charge is 2.36. The molecule has 1 saturated heterocycles. The second kappa shape index (κ2) is 6.61. The third kappa shape index (κ3) is 3.45. The summed E-state index contributed by atoms with van der Waals surface area (Å²) in [5, 5.41) is 11.6. The Bertz CT molecular complexity index is 659. The summed E-state index contributed by atoms with van der Waals surface area (Å²) in [7, 11) is 3.21. The number of carboxylic acid groups (broad SMARTS) is 1. The van der Waals surface area contributed by atoms with Crippen LogP contribution in [0.3, 0.4) is 0 Å². The summed E-state index contributed by atoms with van der Waals surface area (Å²) in [4.78, 5) is 40.3. The molecular weight excluding hydrogens is 306 g/mol. The highest BCUT2D eigenvalue weighted by Crippen LogP contribution is 2.28. The molecule has 116 valence electrons. The van der Waals surface area contributed by atoms with E-state index in [-0.39, 0.29) is 23.8 Å². The van der Waals surface area contributed by atoms with Gasteiger partial charge in [-0.25, -0.2) is 4.79 Å². The Morgan fingerprint density at radius 3 is 2.77 bits per heavy atom. The molecular formula is C14H15N3O4S. The SMILES string of the molecule is CN=C1SC(CC(=O)Nc2cccc(C(=O)O)c2)C(=O)N1C. The highest BCUT2D eigenvalue weighted by molar-refractivity contribution is 8.15. The van der Waals surface area contributed by atoms with E-state index in [9.17, 15) is 14.4 Å². The average molecular weight is 321 g/mol. The Hall–Kier alpha value is -2.35. The second-order valence-electron chi connectivity index (χ2n) is 4.65. The van der Waals surface area contributed by atoms with Crippen molar-refractivity contribution in [2.24, 2.45) is 4.99 Å². The first-order chi connectivity index (χ1) is 10.4. The Balaban J connectivity index is 2.01. The topological polar surface area (TPSA) is 99.1 Å². The first kappa shape index (κ1) is 16.0. The van der Waals surface area contributed by atoms with Gasteiger partial charge >= 0.3 is 5.97 Å². The summed E-state index contributed by atoms with van der Waals surface area (Å²) in [6, 6.07) is 5.95. The molecule has 1 atom stereocenters. The molecule has 0 bridgehead atoms. The van der Waals surface area contributed by atoms with Gasteiger partial charge in [-0.2, -0.15) is 0 Å². The van der Waals surface area contributed by atoms with E-state index < -0.39 is 11.2 Å². The zero-order valence-electron chi connectivity index (χ0n) is 12.1. The number of nitrogens with zero attached hydrogens (tertiary/aromatic N) is 2. The van der Waals surface area contributed by atoms with Crippen LogP contribution in [0.5, 0.6) is 0 Å². The molecule has 0 spiro atoms. The number of aromatic carboxylic acids is 1. The molecule has 7 nitrogen and oxygen atoms in total.